The Labute approximate surface area is 173 Å². The quantitative estimate of drug-likeness (QED) is 0.443. The summed E-state index contributed by atoms with van der Waals surface area (Å²) >= 11 is 0. The lowest BCUT2D eigenvalue weighted by molar-refractivity contribution is 0.181. The fourth-order valence-corrected chi connectivity index (χ4v) is 3.64. The number of rotatable bonds is 8. The number of benzene rings is 1. The summed E-state index contributed by atoms with van der Waals surface area (Å²) < 4.78 is 16.1. The van der Waals surface area contributed by atoms with Crippen LogP contribution in [0.4, 0.5) is 0 Å². The van der Waals surface area contributed by atoms with Gasteiger partial charge in [0.1, 0.15) is 12.2 Å². The molecule has 0 amide bonds. The van der Waals surface area contributed by atoms with Crippen LogP contribution in [0.25, 0.3) is 10.9 Å². The average molecular weight is 410 g/mol. The maximum Gasteiger partial charge on any atom is 0.274 e. The molecule has 0 fully saturated rings. The van der Waals surface area contributed by atoms with Gasteiger partial charge in [-0.2, -0.15) is 0 Å². The molecule has 1 aromatic carbocycles. The van der Waals surface area contributed by atoms with E-state index in [2.05, 4.69) is 29.3 Å². The van der Waals surface area contributed by atoms with Crippen LogP contribution in [-0.2, 0) is 24.4 Å². The van der Waals surface area contributed by atoms with Crippen LogP contribution in [0.3, 0.4) is 0 Å². The number of methoxy groups -OCH3 is 1. The Morgan fingerprint density at radius 1 is 1.20 bits per heavy atom. The standard InChI is InChI=1S/C21H26N6O3/c1-14(2)19-9-17(30-23-19)12-26-20-8-6-5-7-18(20)21(28)27(26)15(3)10-25-11-16(13-29-4)22-24-25/h5-9,11,14-15H,10,12-13H2,1-4H3. The van der Waals surface area contributed by atoms with Gasteiger partial charge in [-0.15, -0.1) is 5.10 Å². The van der Waals surface area contributed by atoms with Gasteiger partial charge in [-0.05, 0) is 25.0 Å². The minimum atomic E-state index is -0.158. The number of hydrogen-bond donors (Lipinski definition) is 0. The first-order valence-corrected chi connectivity index (χ1v) is 10.0. The second-order valence-electron chi connectivity index (χ2n) is 7.81. The molecule has 0 aliphatic heterocycles. The van der Waals surface area contributed by atoms with E-state index in [4.69, 9.17) is 9.26 Å². The molecule has 3 aromatic heterocycles. The average Bonchev–Trinajstić information content (AvgIpc) is 3.42. The van der Waals surface area contributed by atoms with E-state index in [0.717, 1.165) is 16.9 Å². The van der Waals surface area contributed by atoms with Crippen molar-refractivity contribution >= 4 is 10.9 Å². The van der Waals surface area contributed by atoms with E-state index in [9.17, 15) is 4.79 Å². The van der Waals surface area contributed by atoms with Gasteiger partial charge in [0.15, 0.2) is 5.76 Å². The lowest BCUT2D eigenvalue weighted by atomic mass is 10.1. The molecule has 0 spiro atoms. The van der Waals surface area contributed by atoms with Crippen LogP contribution in [0.15, 0.2) is 45.8 Å². The van der Waals surface area contributed by atoms with Crippen molar-refractivity contribution in [3.63, 3.8) is 0 Å². The molecule has 0 bridgehead atoms. The van der Waals surface area contributed by atoms with E-state index in [1.165, 1.54) is 0 Å². The Balaban J connectivity index is 1.71. The molecule has 0 aliphatic rings. The number of hydrogen-bond acceptors (Lipinski definition) is 6. The smallest absolute Gasteiger partial charge is 0.274 e. The SMILES string of the molecule is COCc1cn(CC(C)n2c(=O)c3ccccc3n2Cc2cc(C(C)C)no2)nn1. The highest BCUT2D eigenvalue weighted by Crippen LogP contribution is 2.20. The second kappa shape index (κ2) is 8.27. The molecule has 158 valence electrons. The Kier molecular flexibility index (Phi) is 5.54. The predicted octanol–water partition coefficient (Wildman–Crippen LogP) is 2.96. The highest BCUT2D eigenvalue weighted by Gasteiger charge is 2.20. The van der Waals surface area contributed by atoms with E-state index in [-0.39, 0.29) is 17.5 Å². The Bertz CT molecular complexity index is 1200. The minimum absolute atomic E-state index is 0.0427. The topological polar surface area (TPSA) is 92.9 Å². The number of fused-ring (bicyclic) bond motifs is 1. The summed E-state index contributed by atoms with van der Waals surface area (Å²) in [5, 5.41) is 13.1. The molecule has 0 saturated carbocycles. The fourth-order valence-electron chi connectivity index (χ4n) is 3.64. The maximum atomic E-state index is 13.2. The molecular formula is C21H26N6O3. The third-order valence-corrected chi connectivity index (χ3v) is 5.10. The van der Waals surface area contributed by atoms with Gasteiger partial charge < -0.3 is 9.26 Å². The highest BCUT2D eigenvalue weighted by molar-refractivity contribution is 5.78. The summed E-state index contributed by atoms with van der Waals surface area (Å²) in [5.41, 5.74) is 2.46. The summed E-state index contributed by atoms with van der Waals surface area (Å²) in [5.74, 6) is 0.988. The molecule has 1 unspecified atom stereocenters. The van der Waals surface area contributed by atoms with E-state index in [1.54, 1.807) is 16.5 Å². The lowest BCUT2D eigenvalue weighted by Crippen LogP contribution is -2.29. The molecule has 4 aromatic rings. The maximum absolute atomic E-state index is 13.2. The van der Waals surface area contributed by atoms with Crippen LogP contribution in [0, 0.1) is 0 Å². The first kappa shape index (κ1) is 20.1. The Morgan fingerprint density at radius 3 is 2.73 bits per heavy atom. The van der Waals surface area contributed by atoms with Crippen LogP contribution in [-0.4, -0.2) is 36.6 Å². The first-order chi connectivity index (χ1) is 14.5. The first-order valence-electron chi connectivity index (χ1n) is 10.0. The lowest BCUT2D eigenvalue weighted by Gasteiger charge is -2.18. The molecule has 0 radical (unpaired) electrons. The molecule has 30 heavy (non-hydrogen) atoms. The van der Waals surface area contributed by atoms with Crippen molar-refractivity contribution in [1.29, 1.82) is 0 Å². The third-order valence-electron chi connectivity index (χ3n) is 5.10. The molecule has 4 rings (SSSR count). The van der Waals surface area contributed by atoms with E-state index < -0.39 is 0 Å². The van der Waals surface area contributed by atoms with E-state index in [0.29, 0.717) is 30.8 Å². The molecule has 0 N–H and O–H groups in total. The third kappa shape index (κ3) is 3.80. The summed E-state index contributed by atoms with van der Waals surface area (Å²) in [7, 11) is 1.62. The molecule has 9 heteroatoms. The minimum Gasteiger partial charge on any atom is -0.378 e. The van der Waals surface area contributed by atoms with Gasteiger partial charge >= 0.3 is 0 Å². The summed E-state index contributed by atoms with van der Waals surface area (Å²) in [6.45, 7) is 7.45. The summed E-state index contributed by atoms with van der Waals surface area (Å²) in [6, 6.07) is 9.40. The van der Waals surface area contributed by atoms with Crippen LogP contribution in [0.2, 0.25) is 0 Å². The van der Waals surface area contributed by atoms with Crippen molar-refractivity contribution in [2.45, 2.75) is 52.4 Å². The Hall–Kier alpha value is -3.20. The number of ether oxygens (including phenoxy) is 1. The van der Waals surface area contributed by atoms with Crippen LogP contribution in [0.1, 0.15) is 49.9 Å². The highest BCUT2D eigenvalue weighted by atomic mass is 16.5. The van der Waals surface area contributed by atoms with Gasteiger partial charge in [0.2, 0.25) is 0 Å². The fraction of sp³-hybridized carbons (Fsp3) is 0.429. The van der Waals surface area contributed by atoms with Crippen molar-refractivity contribution in [2.75, 3.05) is 7.11 Å². The van der Waals surface area contributed by atoms with E-state index >= 15 is 0 Å². The zero-order chi connectivity index (χ0) is 21.3. The molecule has 3 heterocycles. The molecular weight excluding hydrogens is 384 g/mol. The monoisotopic (exact) mass is 410 g/mol. The largest absolute Gasteiger partial charge is 0.378 e. The number of para-hydroxylation sites is 1. The number of aromatic nitrogens is 6. The van der Waals surface area contributed by atoms with Crippen molar-refractivity contribution in [1.82, 2.24) is 29.5 Å². The zero-order valence-corrected chi connectivity index (χ0v) is 17.6. The van der Waals surface area contributed by atoms with E-state index in [1.807, 2.05) is 48.1 Å². The second-order valence-corrected chi connectivity index (χ2v) is 7.81. The molecule has 1 atom stereocenters. The molecule has 0 aliphatic carbocycles. The van der Waals surface area contributed by atoms with Gasteiger partial charge in [0, 0.05) is 13.2 Å². The molecule has 0 saturated heterocycles. The van der Waals surface area contributed by atoms with Crippen molar-refractivity contribution in [3.05, 3.63) is 64.0 Å². The van der Waals surface area contributed by atoms with Crippen molar-refractivity contribution in [2.24, 2.45) is 0 Å². The van der Waals surface area contributed by atoms with Crippen molar-refractivity contribution in [3.8, 4) is 0 Å². The van der Waals surface area contributed by atoms with Crippen LogP contribution < -0.4 is 5.56 Å². The van der Waals surface area contributed by atoms with Crippen LogP contribution >= 0.6 is 0 Å². The Morgan fingerprint density at radius 2 is 2.00 bits per heavy atom. The zero-order valence-electron chi connectivity index (χ0n) is 17.6. The predicted molar refractivity (Wildman–Crippen MR) is 111 cm³/mol. The van der Waals surface area contributed by atoms with Gasteiger partial charge in [0.05, 0.1) is 42.0 Å². The van der Waals surface area contributed by atoms with Crippen LogP contribution in [0.5, 0.6) is 0 Å². The van der Waals surface area contributed by atoms with Gasteiger partial charge in [-0.3, -0.25) is 14.2 Å². The number of nitrogens with zero attached hydrogens (tertiary/aromatic N) is 6. The van der Waals surface area contributed by atoms with Gasteiger partial charge in [-0.25, -0.2) is 4.68 Å². The van der Waals surface area contributed by atoms with Gasteiger partial charge in [-0.1, -0.05) is 36.4 Å². The molecule has 9 nitrogen and oxygen atoms in total. The normalized spacial score (nSPS) is 12.8. The summed E-state index contributed by atoms with van der Waals surface area (Å²) in [6.07, 6.45) is 1.84. The van der Waals surface area contributed by atoms with Crippen molar-refractivity contribution < 1.29 is 9.26 Å². The van der Waals surface area contributed by atoms with Gasteiger partial charge in [0.25, 0.3) is 5.56 Å². The summed E-state index contributed by atoms with van der Waals surface area (Å²) in [4.78, 5) is 13.2.